The molecule has 0 fully saturated rings. The van der Waals surface area contributed by atoms with Crippen molar-refractivity contribution in [1.82, 2.24) is 4.98 Å². The molecular formula is C10H4ClF2NO2. The minimum atomic E-state index is -1.32. The van der Waals surface area contributed by atoms with Gasteiger partial charge in [-0.3, -0.25) is 0 Å². The second-order valence-electron chi connectivity index (χ2n) is 3.08. The van der Waals surface area contributed by atoms with Crippen molar-refractivity contribution in [3.8, 4) is 0 Å². The number of hydrogen-bond donors (Lipinski definition) is 1. The molecule has 0 aliphatic carbocycles. The smallest absolute Gasteiger partial charge is 0.336 e. The summed E-state index contributed by atoms with van der Waals surface area (Å²) in [5, 5.41) is 8.58. The molecule has 2 aromatic rings. The van der Waals surface area contributed by atoms with Gasteiger partial charge in [0.1, 0.15) is 16.5 Å². The molecular weight excluding hydrogens is 240 g/mol. The minimum Gasteiger partial charge on any atom is -0.478 e. The highest BCUT2D eigenvalue weighted by atomic mass is 35.5. The Morgan fingerprint density at radius 2 is 2.00 bits per heavy atom. The van der Waals surface area contributed by atoms with E-state index in [0.29, 0.717) is 6.07 Å². The molecule has 6 heteroatoms. The Kier molecular flexibility index (Phi) is 2.47. The van der Waals surface area contributed by atoms with Gasteiger partial charge in [0.25, 0.3) is 0 Å². The van der Waals surface area contributed by atoms with Crippen LogP contribution in [0.3, 0.4) is 0 Å². The van der Waals surface area contributed by atoms with Gasteiger partial charge in [0, 0.05) is 11.5 Å². The molecule has 1 aromatic carbocycles. The van der Waals surface area contributed by atoms with Crippen LogP contribution in [0.2, 0.25) is 5.15 Å². The molecule has 0 atom stereocenters. The maximum absolute atomic E-state index is 13.3. The average molecular weight is 244 g/mol. The Morgan fingerprint density at radius 3 is 2.62 bits per heavy atom. The van der Waals surface area contributed by atoms with Gasteiger partial charge in [-0.2, -0.15) is 0 Å². The van der Waals surface area contributed by atoms with Gasteiger partial charge >= 0.3 is 5.97 Å². The number of nitrogens with zero attached hydrogens (tertiary/aromatic N) is 1. The second kappa shape index (κ2) is 3.68. The Balaban J connectivity index is 2.95. The van der Waals surface area contributed by atoms with E-state index in [9.17, 15) is 13.6 Å². The number of benzene rings is 1. The van der Waals surface area contributed by atoms with E-state index in [2.05, 4.69) is 4.98 Å². The molecule has 0 saturated carbocycles. The molecule has 0 unspecified atom stereocenters. The molecule has 0 saturated heterocycles. The fourth-order valence-corrected chi connectivity index (χ4v) is 1.59. The lowest BCUT2D eigenvalue weighted by Crippen LogP contribution is -2.00. The van der Waals surface area contributed by atoms with Gasteiger partial charge in [0.15, 0.2) is 5.82 Å². The van der Waals surface area contributed by atoms with E-state index in [-0.39, 0.29) is 21.6 Å². The fraction of sp³-hybridized carbons (Fsp3) is 0. The summed E-state index contributed by atoms with van der Waals surface area (Å²) in [6.45, 7) is 0. The zero-order chi connectivity index (χ0) is 11.9. The Morgan fingerprint density at radius 1 is 1.31 bits per heavy atom. The Bertz CT molecular complexity index is 601. The number of hydrogen-bond acceptors (Lipinski definition) is 2. The van der Waals surface area contributed by atoms with Crippen LogP contribution in [0, 0.1) is 11.6 Å². The quantitative estimate of drug-likeness (QED) is 0.784. The first kappa shape index (κ1) is 10.8. The number of aromatic nitrogens is 1. The van der Waals surface area contributed by atoms with Gasteiger partial charge in [-0.05, 0) is 12.1 Å². The van der Waals surface area contributed by atoms with E-state index in [1.165, 1.54) is 0 Å². The van der Waals surface area contributed by atoms with Crippen molar-refractivity contribution in [1.29, 1.82) is 0 Å². The summed E-state index contributed by atoms with van der Waals surface area (Å²) in [7, 11) is 0. The highest BCUT2D eigenvalue weighted by Crippen LogP contribution is 2.24. The number of carboxylic acids is 1. The van der Waals surface area contributed by atoms with Crippen LogP contribution < -0.4 is 0 Å². The summed E-state index contributed by atoms with van der Waals surface area (Å²) >= 11 is 5.54. The van der Waals surface area contributed by atoms with Crippen molar-refractivity contribution >= 4 is 28.5 Å². The van der Waals surface area contributed by atoms with Crippen LogP contribution in [-0.2, 0) is 0 Å². The Hall–Kier alpha value is -1.75. The molecule has 0 aliphatic heterocycles. The van der Waals surface area contributed by atoms with Gasteiger partial charge in [-0.25, -0.2) is 18.6 Å². The first-order valence-electron chi connectivity index (χ1n) is 4.17. The molecule has 2 rings (SSSR count). The number of carbonyl (C=O) groups is 1. The van der Waals surface area contributed by atoms with Gasteiger partial charge in [-0.15, -0.1) is 0 Å². The van der Waals surface area contributed by atoms with Gasteiger partial charge in [0.2, 0.25) is 0 Å². The van der Waals surface area contributed by atoms with Gasteiger partial charge in [0.05, 0.1) is 5.56 Å². The van der Waals surface area contributed by atoms with Crippen LogP contribution in [0.5, 0.6) is 0 Å². The first-order chi connectivity index (χ1) is 7.49. The van der Waals surface area contributed by atoms with E-state index in [1.807, 2.05) is 0 Å². The molecule has 16 heavy (non-hydrogen) atoms. The van der Waals surface area contributed by atoms with E-state index >= 15 is 0 Å². The topological polar surface area (TPSA) is 50.2 Å². The number of pyridine rings is 1. The van der Waals surface area contributed by atoms with E-state index in [4.69, 9.17) is 16.7 Å². The summed E-state index contributed by atoms with van der Waals surface area (Å²) in [5.74, 6) is -3.13. The summed E-state index contributed by atoms with van der Waals surface area (Å²) < 4.78 is 26.3. The number of fused-ring (bicyclic) bond motifs is 1. The summed E-state index contributed by atoms with van der Waals surface area (Å²) in [4.78, 5) is 14.5. The predicted molar refractivity (Wildman–Crippen MR) is 53.6 cm³/mol. The molecule has 0 bridgehead atoms. The monoisotopic (exact) mass is 243 g/mol. The fourth-order valence-electron chi connectivity index (χ4n) is 1.40. The summed E-state index contributed by atoms with van der Waals surface area (Å²) in [5.41, 5.74) is -0.542. The lowest BCUT2D eigenvalue weighted by molar-refractivity contribution is 0.0699. The molecule has 1 aromatic heterocycles. The zero-order valence-electron chi connectivity index (χ0n) is 7.67. The molecule has 1 heterocycles. The van der Waals surface area contributed by atoms with Crippen molar-refractivity contribution in [2.24, 2.45) is 0 Å². The van der Waals surface area contributed by atoms with Crippen LogP contribution in [0.4, 0.5) is 8.78 Å². The number of carboxylic acid groups (broad SMARTS) is 1. The third kappa shape index (κ3) is 1.69. The molecule has 1 N–H and O–H groups in total. The van der Waals surface area contributed by atoms with E-state index < -0.39 is 17.6 Å². The predicted octanol–water partition coefficient (Wildman–Crippen LogP) is 2.86. The lowest BCUT2D eigenvalue weighted by Gasteiger charge is -2.04. The van der Waals surface area contributed by atoms with Crippen molar-refractivity contribution in [2.75, 3.05) is 0 Å². The molecule has 0 spiro atoms. The highest BCUT2D eigenvalue weighted by molar-refractivity contribution is 6.30. The molecule has 3 nitrogen and oxygen atoms in total. The third-order valence-corrected chi connectivity index (χ3v) is 2.22. The summed E-state index contributed by atoms with van der Waals surface area (Å²) in [6, 6.07) is 2.58. The molecule has 0 aliphatic rings. The minimum absolute atomic E-state index is 0.116. The van der Waals surface area contributed by atoms with Gasteiger partial charge < -0.3 is 5.11 Å². The molecule has 0 amide bonds. The first-order valence-corrected chi connectivity index (χ1v) is 4.55. The van der Waals surface area contributed by atoms with Crippen LogP contribution in [0.1, 0.15) is 10.4 Å². The van der Waals surface area contributed by atoms with E-state index in [1.54, 1.807) is 0 Å². The maximum Gasteiger partial charge on any atom is 0.336 e. The Labute approximate surface area is 93.3 Å². The zero-order valence-corrected chi connectivity index (χ0v) is 8.42. The van der Waals surface area contributed by atoms with Crippen LogP contribution >= 0.6 is 11.6 Å². The number of aromatic carboxylic acids is 1. The van der Waals surface area contributed by atoms with Crippen molar-refractivity contribution in [3.63, 3.8) is 0 Å². The average Bonchev–Trinajstić information content (AvgIpc) is 2.18. The SMILES string of the molecule is O=C(O)c1cc(Cl)nc2c(F)cc(F)cc12. The normalized spacial score (nSPS) is 10.7. The van der Waals surface area contributed by atoms with E-state index in [0.717, 1.165) is 12.1 Å². The number of halogens is 3. The lowest BCUT2D eigenvalue weighted by atomic mass is 10.1. The largest absolute Gasteiger partial charge is 0.478 e. The summed E-state index contributed by atoms with van der Waals surface area (Å²) in [6.07, 6.45) is 0. The maximum atomic E-state index is 13.3. The number of rotatable bonds is 1. The standard InChI is InChI=1S/C10H4ClF2NO2/c11-8-3-6(10(15)16)5-1-4(12)2-7(13)9(5)14-8/h1-3H,(H,15,16). The van der Waals surface area contributed by atoms with Crippen LogP contribution in [0.25, 0.3) is 10.9 Å². The van der Waals surface area contributed by atoms with Crippen molar-refractivity contribution in [2.45, 2.75) is 0 Å². The van der Waals surface area contributed by atoms with Crippen molar-refractivity contribution in [3.05, 3.63) is 40.6 Å². The molecule has 82 valence electrons. The van der Waals surface area contributed by atoms with Crippen LogP contribution in [-0.4, -0.2) is 16.1 Å². The van der Waals surface area contributed by atoms with Crippen molar-refractivity contribution < 1.29 is 18.7 Å². The second-order valence-corrected chi connectivity index (χ2v) is 3.47. The van der Waals surface area contributed by atoms with Gasteiger partial charge in [-0.1, -0.05) is 11.6 Å². The van der Waals surface area contributed by atoms with Crippen LogP contribution in [0.15, 0.2) is 18.2 Å². The highest BCUT2D eigenvalue weighted by Gasteiger charge is 2.15. The third-order valence-electron chi connectivity index (χ3n) is 2.03. The molecule has 0 radical (unpaired) electrons.